The molecule has 0 aliphatic rings. The standard InChI is InChI=1S/C42H26N2O/c1-3-11-29(12-4-1)43-37-17-9-8-16-32(37)35-25-27(19-23-39(35)43)28-20-24-40-36(26-28)34-22-21-33-31-15-7-10-18-38(31)44(41(33)42(34)45-40)30-13-5-2-6-14-30/h1-26H. The maximum Gasteiger partial charge on any atom is 0.160 e. The average molecular weight is 575 g/mol. The smallest absolute Gasteiger partial charge is 0.160 e. The van der Waals surface area contributed by atoms with Gasteiger partial charge in [0.1, 0.15) is 5.58 Å². The molecule has 45 heavy (non-hydrogen) atoms. The van der Waals surface area contributed by atoms with Crippen LogP contribution < -0.4 is 0 Å². The number of benzene rings is 7. The summed E-state index contributed by atoms with van der Waals surface area (Å²) in [5.74, 6) is 0. The molecule has 3 nitrogen and oxygen atoms in total. The van der Waals surface area contributed by atoms with Gasteiger partial charge in [-0.3, -0.25) is 0 Å². The summed E-state index contributed by atoms with van der Waals surface area (Å²) in [5.41, 5.74) is 11.2. The van der Waals surface area contributed by atoms with Gasteiger partial charge in [-0.05, 0) is 77.9 Å². The minimum Gasteiger partial charge on any atom is -0.454 e. The van der Waals surface area contributed by atoms with Gasteiger partial charge in [-0.25, -0.2) is 0 Å². The molecule has 0 spiro atoms. The lowest BCUT2D eigenvalue weighted by Gasteiger charge is -2.08. The summed E-state index contributed by atoms with van der Waals surface area (Å²) in [6, 6.07) is 56.4. The molecular formula is C42H26N2O. The molecule has 10 aromatic rings. The summed E-state index contributed by atoms with van der Waals surface area (Å²) in [6.45, 7) is 0. The number of aromatic nitrogens is 2. The average Bonchev–Trinajstić information content (AvgIpc) is 3.76. The molecule has 210 valence electrons. The topological polar surface area (TPSA) is 23.0 Å². The van der Waals surface area contributed by atoms with Crippen LogP contribution in [-0.4, -0.2) is 9.13 Å². The van der Waals surface area contributed by atoms with E-state index in [1.165, 1.54) is 54.9 Å². The van der Waals surface area contributed by atoms with Gasteiger partial charge >= 0.3 is 0 Å². The monoisotopic (exact) mass is 574 g/mol. The van der Waals surface area contributed by atoms with Crippen molar-refractivity contribution >= 4 is 65.6 Å². The quantitative estimate of drug-likeness (QED) is 0.206. The van der Waals surface area contributed by atoms with Crippen LogP contribution in [-0.2, 0) is 0 Å². The first-order valence-electron chi connectivity index (χ1n) is 15.4. The minimum atomic E-state index is 0.896. The SMILES string of the molecule is c1ccc(-n2c3ccccc3c3cc(-c4ccc5oc6c(ccc7c8ccccc8n(-c8ccccc8)c76)c5c4)ccc32)cc1. The van der Waals surface area contributed by atoms with E-state index in [1.807, 2.05) is 0 Å². The van der Waals surface area contributed by atoms with Crippen molar-refractivity contribution in [1.82, 2.24) is 9.13 Å². The molecule has 0 fully saturated rings. The van der Waals surface area contributed by atoms with E-state index >= 15 is 0 Å². The van der Waals surface area contributed by atoms with Crippen molar-refractivity contribution in [2.75, 3.05) is 0 Å². The van der Waals surface area contributed by atoms with Gasteiger partial charge in [0, 0.05) is 43.7 Å². The van der Waals surface area contributed by atoms with Crippen LogP contribution in [0.2, 0.25) is 0 Å². The summed E-state index contributed by atoms with van der Waals surface area (Å²) < 4.78 is 11.4. The van der Waals surface area contributed by atoms with Crippen LogP contribution in [0.1, 0.15) is 0 Å². The van der Waals surface area contributed by atoms with Crippen molar-refractivity contribution in [3.05, 3.63) is 158 Å². The number of hydrogen-bond donors (Lipinski definition) is 0. The van der Waals surface area contributed by atoms with Gasteiger partial charge in [-0.1, -0.05) is 91.0 Å². The Morgan fingerprint density at radius 1 is 0.356 bits per heavy atom. The molecule has 3 aromatic heterocycles. The first-order valence-corrected chi connectivity index (χ1v) is 15.4. The molecule has 0 aliphatic carbocycles. The highest BCUT2D eigenvalue weighted by Gasteiger charge is 2.19. The molecule has 7 aromatic carbocycles. The molecule has 0 N–H and O–H groups in total. The lowest BCUT2D eigenvalue weighted by molar-refractivity contribution is 0.671. The summed E-state index contributed by atoms with van der Waals surface area (Å²) in [5, 5.41) is 7.17. The van der Waals surface area contributed by atoms with Crippen LogP contribution in [0.4, 0.5) is 0 Å². The van der Waals surface area contributed by atoms with Gasteiger partial charge in [0.05, 0.1) is 22.1 Å². The lowest BCUT2D eigenvalue weighted by atomic mass is 10.0. The highest BCUT2D eigenvalue weighted by molar-refractivity contribution is 6.22. The van der Waals surface area contributed by atoms with Crippen LogP contribution in [0.15, 0.2) is 162 Å². The van der Waals surface area contributed by atoms with Gasteiger partial charge in [-0.2, -0.15) is 0 Å². The number of para-hydroxylation sites is 4. The van der Waals surface area contributed by atoms with E-state index in [-0.39, 0.29) is 0 Å². The van der Waals surface area contributed by atoms with E-state index in [0.29, 0.717) is 0 Å². The molecule has 0 saturated carbocycles. The van der Waals surface area contributed by atoms with Gasteiger partial charge in [0.15, 0.2) is 5.58 Å². The van der Waals surface area contributed by atoms with E-state index in [0.717, 1.165) is 33.1 Å². The number of fused-ring (bicyclic) bond motifs is 10. The predicted molar refractivity (Wildman–Crippen MR) is 188 cm³/mol. The van der Waals surface area contributed by atoms with Crippen molar-refractivity contribution in [2.45, 2.75) is 0 Å². The molecule has 0 saturated heterocycles. The van der Waals surface area contributed by atoms with Crippen LogP contribution in [0.5, 0.6) is 0 Å². The maximum absolute atomic E-state index is 6.70. The lowest BCUT2D eigenvalue weighted by Crippen LogP contribution is -1.93. The third-order valence-corrected chi connectivity index (χ3v) is 9.31. The Morgan fingerprint density at radius 3 is 1.62 bits per heavy atom. The first-order chi connectivity index (χ1) is 22.3. The molecule has 10 rings (SSSR count). The Labute approximate surface area is 258 Å². The number of hydrogen-bond acceptors (Lipinski definition) is 1. The van der Waals surface area contributed by atoms with E-state index < -0.39 is 0 Å². The van der Waals surface area contributed by atoms with Gasteiger partial charge in [0.25, 0.3) is 0 Å². The highest BCUT2D eigenvalue weighted by Crippen LogP contribution is 2.42. The second-order valence-electron chi connectivity index (χ2n) is 11.8. The van der Waals surface area contributed by atoms with Gasteiger partial charge < -0.3 is 13.6 Å². The third-order valence-electron chi connectivity index (χ3n) is 9.31. The fraction of sp³-hybridized carbons (Fsp3) is 0. The molecule has 0 atom stereocenters. The van der Waals surface area contributed by atoms with Crippen LogP contribution in [0.3, 0.4) is 0 Å². The molecule has 0 amide bonds. The molecular weight excluding hydrogens is 548 g/mol. The number of rotatable bonds is 3. The number of nitrogens with zero attached hydrogens (tertiary/aromatic N) is 2. The first kappa shape index (κ1) is 24.4. The predicted octanol–water partition coefficient (Wildman–Crippen LogP) is 11.4. The zero-order valence-electron chi connectivity index (χ0n) is 24.3. The highest BCUT2D eigenvalue weighted by atomic mass is 16.3. The van der Waals surface area contributed by atoms with Crippen LogP contribution in [0, 0.1) is 0 Å². The molecule has 0 unspecified atom stereocenters. The Balaban J connectivity index is 1.21. The second kappa shape index (κ2) is 9.22. The zero-order valence-corrected chi connectivity index (χ0v) is 24.3. The molecule has 0 radical (unpaired) electrons. The number of furan rings is 1. The molecule has 3 heterocycles. The molecule has 0 bridgehead atoms. The van der Waals surface area contributed by atoms with Crippen LogP contribution >= 0.6 is 0 Å². The van der Waals surface area contributed by atoms with Gasteiger partial charge in [0.2, 0.25) is 0 Å². The van der Waals surface area contributed by atoms with Crippen molar-refractivity contribution in [2.24, 2.45) is 0 Å². The fourth-order valence-corrected chi connectivity index (χ4v) is 7.31. The zero-order chi connectivity index (χ0) is 29.5. The Hall–Kier alpha value is -6.06. The van der Waals surface area contributed by atoms with E-state index in [9.17, 15) is 0 Å². The Bertz CT molecular complexity index is 2740. The van der Waals surface area contributed by atoms with Crippen molar-refractivity contribution < 1.29 is 4.42 Å². The molecule has 0 aliphatic heterocycles. The Morgan fingerprint density at radius 2 is 0.889 bits per heavy atom. The molecule has 3 heteroatoms. The fourth-order valence-electron chi connectivity index (χ4n) is 7.31. The van der Waals surface area contributed by atoms with Crippen molar-refractivity contribution in [3.8, 4) is 22.5 Å². The van der Waals surface area contributed by atoms with Crippen molar-refractivity contribution in [1.29, 1.82) is 0 Å². The second-order valence-corrected chi connectivity index (χ2v) is 11.8. The summed E-state index contributed by atoms with van der Waals surface area (Å²) >= 11 is 0. The maximum atomic E-state index is 6.70. The Kier molecular flexibility index (Phi) is 5.00. The van der Waals surface area contributed by atoms with E-state index in [2.05, 4.69) is 167 Å². The van der Waals surface area contributed by atoms with E-state index in [1.54, 1.807) is 0 Å². The minimum absolute atomic E-state index is 0.896. The largest absolute Gasteiger partial charge is 0.454 e. The van der Waals surface area contributed by atoms with Crippen molar-refractivity contribution in [3.63, 3.8) is 0 Å². The summed E-state index contributed by atoms with van der Waals surface area (Å²) in [4.78, 5) is 0. The van der Waals surface area contributed by atoms with Gasteiger partial charge in [-0.15, -0.1) is 0 Å². The summed E-state index contributed by atoms with van der Waals surface area (Å²) in [6.07, 6.45) is 0. The van der Waals surface area contributed by atoms with E-state index in [4.69, 9.17) is 4.42 Å². The summed E-state index contributed by atoms with van der Waals surface area (Å²) in [7, 11) is 0. The van der Waals surface area contributed by atoms with Crippen LogP contribution in [0.25, 0.3) is 88.1 Å². The normalized spacial score (nSPS) is 12.0. The third kappa shape index (κ3) is 3.46.